The summed E-state index contributed by atoms with van der Waals surface area (Å²) in [5, 5.41) is 18.4. The van der Waals surface area contributed by atoms with Crippen LogP contribution in [0.25, 0.3) is 5.82 Å². The fourth-order valence-corrected chi connectivity index (χ4v) is 3.37. The third-order valence-corrected chi connectivity index (χ3v) is 4.80. The van der Waals surface area contributed by atoms with Crippen molar-refractivity contribution in [3.8, 4) is 5.82 Å². The lowest BCUT2D eigenvalue weighted by atomic mass is 10.1. The van der Waals surface area contributed by atoms with Gasteiger partial charge in [0.25, 0.3) is 5.91 Å². The van der Waals surface area contributed by atoms with Crippen LogP contribution in [-0.4, -0.2) is 37.8 Å². The van der Waals surface area contributed by atoms with Crippen LogP contribution in [0.1, 0.15) is 34.7 Å². The van der Waals surface area contributed by atoms with E-state index in [1.165, 1.54) is 35.1 Å². The first-order valence-corrected chi connectivity index (χ1v) is 10.2. The molecule has 156 valence electrons. The topological polar surface area (TPSA) is 100 Å². The Morgan fingerprint density at radius 2 is 1.97 bits per heavy atom. The van der Waals surface area contributed by atoms with Gasteiger partial charge in [-0.1, -0.05) is 23.2 Å². The number of pyridine rings is 1. The molecule has 1 aromatic carbocycles. The summed E-state index contributed by atoms with van der Waals surface area (Å²) < 4.78 is 1.51. The molecular formula is C19H16BrCl2N5O3. The fraction of sp³-hybridized carbons (Fsp3) is 0.158. The molecule has 2 aromatic heterocycles. The number of aromatic nitrogens is 3. The Labute approximate surface area is 190 Å². The van der Waals surface area contributed by atoms with Gasteiger partial charge in [0.05, 0.1) is 16.3 Å². The van der Waals surface area contributed by atoms with Crippen molar-refractivity contribution in [2.75, 3.05) is 5.06 Å². The lowest BCUT2D eigenvalue weighted by Crippen LogP contribution is -2.34. The molecule has 0 fully saturated rings. The SMILES string of the molecule is CC(C)NC(=O)c1ccc(Cl)cc1N(O)C(=O)c1cc(Br)nn1-c1ncccc1Cl. The quantitative estimate of drug-likeness (QED) is 0.387. The summed E-state index contributed by atoms with van der Waals surface area (Å²) in [6, 6.07) is 8.72. The van der Waals surface area contributed by atoms with Crippen LogP contribution in [-0.2, 0) is 0 Å². The standard InChI is InChI=1S/C19H16BrCl2N5O3/c1-10(2)24-18(28)12-6-5-11(21)8-14(12)27(30)19(29)15-9-16(20)25-26(15)17-13(22)4-3-7-23-17/h3-10,30H,1-2H3,(H,24,28). The van der Waals surface area contributed by atoms with E-state index < -0.39 is 11.8 Å². The number of anilines is 1. The van der Waals surface area contributed by atoms with Crippen LogP contribution in [0.5, 0.6) is 0 Å². The zero-order valence-corrected chi connectivity index (χ0v) is 18.9. The minimum Gasteiger partial charge on any atom is -0.350 e. The van der Waals surface area contributed by atoms with E-state index in [9.17, 15) is 14.8 Å². The van der Waals surface area contributed by atoms with Gasteiger partial charge >= 0.3 is 5.91 Å². The van der Waals surface area contributed by atoms with Crippen LogP contribution in [0.2, 0.25) is 10.0 Å². The van der Waals surface area contributed by atoms with E-state index in [2.05, 4.69) is 31.3 Å². The van der Waals surface area contributed by atoms with Crippen molar-refractivity contribution in [2.24, 2.45) is 0 Å². The first-order chi connectivity index (χ1) is 14.2. The molecular weight excluding hydrogens is 497 g/mol. The summed E-state index contributed by atoms with van der Waals surface area (Å²) in [4.78, 5) is 29.8. The lowest BCUT2D eigenvalue weighted by molar-refractivity contribution is 0.0844. The number of carbonyl (C=O) groups is 2. The highest BCUT2D eigenvalue weighted by atomic mass is 79.9. The van der Waals surface area contributed by atoms with E-state index in [1.54, 1.807) is 26.0 Å². The number of carbonyl (C=O) groups excluding carboxylic acids is 2. The molecule has 0 aliphatic carbocycles. The van der Waals surface area contributed by atoms with Crippen molar-refractivity contribution in [3.63, 3.8) is 0 Å². The minimum absolute atomic E-state index is 0.0415. The van der Waals surface area contributed by atoms with Gasteiger partial charge in [-0.15, -0.1) is 0 Å². The van der Waals surface area contributed by atoms with Gasteiger partial charge in [0.2, 0.25) is 0 Å². The van der Waals surface area contributed by atoms with Crippen LogP contribution < -0.4 is 10.4 Å². The molecule has 3 aromatic rings. The molecule has 0 aliphatic heterocycles. The van der Waals surface area contributed by atoms with E-state index in [0.29, 0.717) is 9.67 Å². The Hall–Kier alpha value is -2.46. The smallest absolute Gasteiger partial charge is 0.300 e. The third-order valence-electron chi connectivity index (χ3n) is 3.88. The molecule has 30 heavy (non-hydrogen) atoms. The number of nitrogens with one attached hydrogen (secondary N) is 1. The van der Waals surface area contributed by atoms with E-state index in [-0.39, 0.29) is 38.8 Å². The Morgan fingerprint density at radius 3 is 2.63 bits per heavy atom. The molecule has 0 saturated carbocycles. The Morgan fingerprint density at radius 1 is 1.23 bits per heavy atom. The number of rotatable bonds is 5. The van der Waals surface area contributed by atoms with Crippen molar-refractivity contribution < 1.29 is 14.8 Å². The number of nitrogens with zero attached hydrogens (tertiary/aromatic N) is 4. The summed E-state index contributed by atoms with van der Waals surface area (Å²) in [7, 11) is 0. The van der Waals surface area contributed by atoms with Gasteiger partial charge in [-0.25, -0.2) is 9.67 Å². The highest BCUT2D eigenvalue weighted by molar-refractivity contribution is 9.10. The highest BCUT2D eigenvalue weighted by Crippen LogP contribution is 2.27. The first-order valence-electron chi connectivity index (χ1n) is 8.69. The second-order valence-corrected chi connectivity index (χ2v) is 8.14. The number of amides is 2. The zero-order chi connectivity index (χ0) is 22.0. The minimum atomic E-state index is -0.865. The summed E-state index contributed by atoms with van der Waals surface area (Å²) in [5.41, 5.74) is -0.0493. The number of hydrogen-bond acceptors (Lipinski definition) is 5. The monoisotopic (exact) mass is 511 g/mol. The molecule has 3 rings (SSSR count). The number of halogens is 3. The van der Waals surface area contributed by atoms with Crippen molar-refractivity contribution in [3.05, 3.63) is 68.5 Å². The maximum atomic E-state index is 13.1. The van der Waals surface area contributed by atoms with Gasteiger partial charge in [-0.3, -0.25) is 14.8 Å². The molecule has 11 heteroatoms. The fourth-order valence-electron chi connectivity index (χ4n) is 2.63. The molecule has 8 nitrogen and oxygen atoms in total. The van der Waals surface area contributed by atoms with E-state index in [1.807, 2.05) is 0 Å². The molecule has 2 amide bonds. The number of hydroxylamine groups is 1. The summed E-state index contributed by atoms with van der Waals surface area (Å²) in [6.45, 7) is 3.59. The van der Waals surface area contributed by atoms with Crippen LogP contribution in [0.3, 0.4) is 0 Å². The molecule has 2 N–H and O–H groups in total. The van der Waals surface area contributed by atoms with Crippen LogP contribution in [0, 0.1) is 0 Å². The summed E-state index contributed by atoms with van der Waals surface area (Å²) >= 11 is 15.4. The van der Waals surface area contributed by atoms with Gasteiger partial charge in [0.15, 0.2) is 5.82 Å². The highest BCUT2D eigenvalue weighted by Gasteiger charge is 2.27. The van der Waals surface area contributed by atoms with Crippen LogP contribution in [0.4, 0.5) is 5.69 Å². The van der Waals surface area contributed by atoms with Crippen molar-refractivity contribution >= 4 is 56.6 Å². The van der Waals surface area contributed by atoms with Crippen molar-refractivity contribution in [1.82, 2.24) is 20.1 Å². The molecule has 0 saturated heterocycles. The first kappa shape index (κ1) is 22.2. The van der Waals surface area contributed by atoms with E-state index >= 15 is 0 Å². The average Bonchev–Trinajstić information content (AvgIpc) is 3.07. The van der Waals surface area contributed by atoms with Gasteiger partial charge in [0, 0.05) is 23.3 Å². The Balaban J connectivity index is 2.05. The Bertz CT molecular complexity index is 1120. The largest absolute Gasteiger partial charge is 0.350 e. The predicted molar refractivity (Wildman–Crippen MR) is 117 cm³/mol. The second-order valence-electron chi connectivity index (χ2n) is 6.48. The van der Waals surface area contributed by atoms with E-state index in [0.717, 1.165) is 0 Å². The zero-order valence-electron chi connectivity index (χ0n) is 15.8. The maximum absolute atomic E-state index is 13.1. The van der Waals surface area contributed by atoms with E-state index in [4.69, 9.17) is 23.2 Å². The number of benzene rings is 1. The summed E-state index contributed by atoms with van der Waals surface area (Å²) in [5.74, 6) is -1.13. The average molecular weight is 513 g/mol. The molecule has 2 heterocycles. The predicted octanol–water partition coefficient (Wildman–Crippen LogP) is 4.51. The third kappa shape index (κ3) is 4.65. The van der Waals surface area contributed by atoms with Gasteiger partial charge < -0.3 is 5.32 Å². The van der Waals surface area contributed by atoms with Gasteiger partial charge in [-0.05, 0) is 60.1 Å². The lowest BCUT2D eigenvalue weighted by Gasteiger charge is -2.19. The second kappa shape index (κ2) is 9.13. The molecule has 0 unspecified atom stereocenters. The molecule has 0 atom stereocenters. The molecule has 0 bridgehead atoms. The van der Waals surface area contributed by atoms with Crippen LogP contribution >= 0.6 is 39.1 Å². The summed E-state index contributed by atoms with van der Waals surface area (Å²) in [6.07, 6.45) is 1.49. The molecule has 0 spiro atoms. The van der Waals surface area contributed by atoms with Crippen LogP contribution in [0.15, 0.2) is 47.2 Å². The van der Waals surface area contributed by atoms with Crippen molar-refractivity contribution in [1.29, 1.82) is 0 Å². The van der Waals surface area contributed by atoms with Crippen molar-refractivity contribution in [2.45, 2.75) is 19.9 Å². The normalized spacial score (nSPS) is 10.9. The molecule has 0 aliphatic rings. The van der Waals surface area contributed by atoms with Gasteiger partial charge in [0.1, 0.15) is 10.3 Å². The maximum Gasteiger partial charge on any atom is 0.300 e. The molecule has 0 radical (unpaired) electrons. The Kier molecular flexibility index (Phi) is 6.77. The number of hydrogen-bond donors (Lipinski definition) is 2. The van der Waals surface area contributed by atoms with Gasteiger partial charge in [-0.2, -0.15) is 10.2 Å².